The molecule has 0 saturated carbocycles. The Balaban J connectivity index is 3.38. The summed E-state index contributed by atoms with van der Waals surface area (Å²) >= 11 is 5.50. The van der Waals surface area contributed by atoms with Gasteiger partial charge in [0.15, 0.2) is 0 Å². The average Bonchev–Trinajstić information content (AvgIpc) is 2.18. The van der Waals surface area contributed by atoms with Crippen molar-refractivity contribution in [1.82, 2.24) is 0 Å². The van der Waals surface area contributed by atoms with Gasteiger partial charge in [0.25, 0.3) is 0 Å². The zero-order valence-corrected chi connectivity index (χ0v) is 10.4. The first-order valence-corrected chi connectivity index (χ1v) is 5.47. The standard InChI is InChI=1S/C12H12ClF4N/c1-6(2)5-9(18)10-7(12(15,16)17)3-4-8(13)11(10)14/h3-4,9H,1,5,18H2,2H3/t9-/m0/s1. The molecule has 18 heavy (non-hydrogen) atoms. The second-order valence-corrected chi connectivity index (χ2v) is 4.50. The maximum absolute atomic E-state index is 13.8. The lowest BCUT2D eigenvalue weighted by atomic mass is 9.95. The van der Waals surface area contributed by atoms with E-state index in [-0.39, 0.29) is 11.4 Å². The van der Waals surface area contributed by atoms with E-state index >= 15 is 0 Å². The lowest BCUT2D eigenvalue weighted by molar-refractivity contribution is -0.138. The maximum Gasteiger partial charge on any atom is 0.416 e. The molecule has 0 spiro atoms. The van der Waals surface area contributed by atoms with Crippen LogP contribution in [0.2, 0.25) is 5.02 Å². The van der Waals surface area contributed by atoms with Crippen molar-refractivity contribution < 1.29 is 17.6 Å². The highest BCUT2D eigenvalue weighted by molar-refractivity contribution is 6.30. The number of halogens is 5. The fraction of sp³-hybridized carbons (Fsp3) is 0.333. The van der Waals surface area contributed by atoms with E-state index in [4.69, 9.17) is 17.3 Å². The van der Waals surface area contributed by atoms with Gasteiger partial charge in [0, 0.05) is 11.6 Å². The largest absolute Gasteiger partial charge is 0.416 e. The van der Waals surface area contributed by atoms with Crippen molar-refractivity contribution in [3.05, 3.63) is 46.3 Å². The quantitative estimate of drug-likeness (QED) is 0.642. The molecule has 100 valence electrons. The van der Waals surface area contributed by atoms with Crippen LogP contribution in [0.3, 0.4) is 0 Å². The highest BCUT2D eigenvalue weighted by Gasteiger charge is 2.36. The van der Waals surface area contributed by atoms with Gasteiger partial charge in [-0.15, -0.1) is 6.58 Å². The van der Waals surface area contributed by atoms with E-state index in [1.165, 1.54) is 0 Å². The molecule has 0 heterocycles. The summed E-state index contributed by atoms with van der Waals surface area (Å²) in [5.74, 6) is -1.12. The Labute approximate surface area is 107 Å². The van der Waals surface area contributed by atoms with Crippen LogP contribution in [0.4, 0.5) is 17.6 Å². The molecular formula is C12H12ClF4N. The SMILES string of the molecule is C=C(C)C[C@H](N)c1c(C(F)(F)F)ccc(Cl)c1F. The Morgan fingerprint density at radius 2 is 2.00 bits per heavy atom. The van der Waals surface area contributed by atoms with E-state index < -0.39 is 29.2 Å². The molecule has 6 heteroatoms. The topological polar surface area (TPSA) is 26.0 Å². The molecule has 2 N–H and O–H groups in total. The fourth-order valence-corrected chi connectivity index (χ4v) is 1.82. The molecule has 1 aromatic rings. The number of rotatable bonds is 3. The van der Waals surface area contributed by atoms with Crippen molar-refractivity contribution in [2.75, 3.05) is 0 Å². The molecule has 1 aromatic carbocycles. The number of hydrogen-bond donors (Lipinski definition) is 1. The van der Waals surface area contributed by atoms with Crippen LogP contribution in [0.15, 0.2) is 24.3 Å². The molecule has 1 nitrogen and oxygen atoms in total. The molecule has 0 aromatic heterocycles. The van der Waals surface area contributed by atoms with Gasteiger partial charge < -0.3 is 5.73 Å². The number of alkyl halides is 3. The fourth-order valence-electron chi connectivity index (χ4n) is 1.65. The Morgan fingerprint density at radius 1 is 1.44 bits per heavy atom. The first-order valence-electron chi connectivity index (χ1n) is 5.09. The zero-order chi connectivity index (χ0) is 14.1. The molecule has 0 aliphatic rings. The molecule has 0 fully saturated rings. The summed E-state index contributed by atoms with van der Waals surface area (Å²) in [7, 11) is 0. The van der Waals surface area contributed by atoms with E-state index in [1.807, 2.05) is 0 Å². The van der Waals surface area contributed by atoms with Gasteiger partial charge in [-0.25, -0.2) is 4.39 Å². The van der Waals surface area contributed by atoms with Gasteiger partial charge in [0.05, 0.1) is 10.6 Å². The average molecular weight is 282 g/mol. The molecule has 1 atom stereocenters. The number of nitrogens with two attached hydrogens (primary N) is 1. The first-order chi connectivity index (χ1) is 8.14. The molecular weight excluding hydrogens is 270 g/mol. The highest BCUT2D eigenvalue weighted by Crippen LogP contribution is 2.38. The van der Waals surface area contributed by atoms with E-state index in [0.717, 1.165) is 12.1 Å². The van der Waals surface area contributed by atoms with Crippen molar-refractivity contribution >= 4 is 11.6 Å². The van der Waals surface area contributed by atoms with Crippen LogP contribution in [0.1, 0.15) is 30.5 Å². The van der Waals surface area contributed by atoms with E-state index in [1.54, 1.807) is 6.92 Å². The molecule has 0 unspecified atom stereocenters. The lowest BCUT2D eigenvalue weighted by Gasteiger charge is -2.19. The second-order valence-electron chi connectivity index (χ2n) is 4.09. The highest BCUT2D eigenvalue weighted by atomic mass is 35.5. The summed E-state index contributed by atoms with van der Waals surface area (Å²) in [4.78, 5) is 0. The van der Waals surface area contributed by atoms with Crippen LogP contribution in [0, 0.1) is 5.82 Å². The summed E-state index contributed by atoms with van der Waals surface area (Å²) in [6.07, 6.45) is -4.62. The molecule has 0 aliphatic heterocycles. The monoisotopic (exact) mass is 281 g/mol. The minimum absolute atomic E-state index is 0.0559. The van der Waals surface area contributed by atoms with Gasteiger partial charge in [0.1, 0.15) is 5.82 Å². The van der Waals surface area contributed by atoms with Crippen molar-refractivity contribution in [2.24, 2.45) is 5.73 Å². The zero-order valence-electron chi connectivity index (χ0n) is 9.61. The van der Waals surface area contributed by atoms with Gasteiger partial charge in [-0.05, 0) is 25.5 Å². The molecule has 0 aliphatic carbocycles. The normalized spacial score (nSPS) is 13.5. The van der Waals surface area contributed by atoms with Gasteiger partial charge in [-0.1, -0.05) is 17.2 Å². The Morgan fingerprint density at radius 3 is 2.44 bits per heavy atom. The summed E-state index contributed by atoms with van der Waals surface area (Å²) in [5, 5.41) is -0.379. The molecule has 0 amide bonds. The van der Waals surface area contributed by atoms with Crippen LogP contribution in [0.5, 0.6) is 0 Å². The minimum atomic E-state index is -4.67. The Hall–Kier alpha value is -1.07. The van der Waals surface area contributed by atoms with Crippen molar-refractivity contribution in [3.8, 4) is 0 Å². The van der Waals surface area contributed by atoms with Crippen molar-refractivity contribution in [1.29, 1.82) is 0 Å². The number of benzene rings is 1. The molecule has 1 rings (SSSR count). The predicted molar refractivity (Wildman–Crippen MR) is 62.8 cm³/mol. The second kappa shape index (κ2) is 5.28. The van der Waals surface area contributed by atoms with Gasteiger partial charge in [0.2, 0.25) is 0 Å². The molecule has 0 bridgehead atoms. The Bertz CT molecular complexity index is 468. The van der Waals surface area contributed by atoms with Crippen LogP contribution in [0.25, 0.3) is 0 Å². The van der Waals surface area contributed by atoms with Gasteiger partial charge in [-0.3, -0.25) is 0 Å². The van der Waals surface area contributed by atoms with Crippen LogP contribution in [-0.2, 0) is 6.18 Å². The van der Waals surface area contributed by atoms with Crippen LogP contribution < -0.4 is 5.73 Å². The van der Waals surface area contributed by atoms with Gasteiger partial charge in [-0.2, -0.15) is 13.2 Å². The van der Waals surface area contributed by atoms with E-state index in [2.05, 4.69) is 6.58 Å². The maximum atomic E-state index is 13.8. The lowest BCUT2D eigenvalue weighted by Crippen LogP contribution is -2.19. The minimum Gasteiger partial charge on any atom is -0.324 e. The Kier molecular flexibility index (Phi) is 4.40. The smallest absolute Gasteiger partial charge is 0.324 e. The van der Waals surface area contributed by atoms with E-state index in [0.29, 0.717) is 5.57 Å². The molecule has 0 radical (unpaired) electrons. The third-order valence-corrected chi connectivity index (χ3v) is 2.67. The summed E-state index contributed by atoms with van der Waals surface area (Å²) < 4.78 is 52.1. The number of hydrogen-bond acceptors (Lipinski definition) is 1. The molecule has 0 saturated heterocycles. The van der Waals surface area contributed by atoms with Crippen LogP contribution in [-0.4, -0.2) is 0 Å². The van der Waals surface area contributed by atoms with Crippen LogP contribution >= 0.6 is 11.6 Å². The van der Waals surface area contributed by atoms with Crippen molar-refractivity contribution in [3.63, 3.8) is 0 Å². The summed E-state index contributed by atoms with van der Waals surface area (Å²) in [5.41, 5.74) is 4.46. The summed E-state index contributed by atoms with van der Waals surface area (Å²) in [6.45, 7) is 5.15. The van der Waals surface area contributed by atoms with Crippen molar-refractivity contribution in [2.45, 2.75) is 25.6 Å². The van der Waals surface area contributed by atoms with E-state index in [9.17, 15) is 17.6 Å². The first kappa shape index (κ1) is 15.0. The third kappa shape index (κ3) is 3.23. The third-order valence-electron chi connectivity index (χ3n) is 2.38. The summed E-state index contributed by atoms with van der Waals surface area (Å²) in [6, 6.07) is 0.480. The van der Waals surface area contributed by atoms with Gasteiger partial charge >= 0.3 is 6.18 Å². The predicted octanol–water partition coefficient (Wildman–Crippen LogP) is 4.46.